The van der Waals surface area contributed by atoms with Gasteiger partial charge in [0.05, 0.1) is 17.6 Å². The zero-order valence-corrected chi connectivity index (χ0v) is 19.6. The maximum Gasteiger partial charge on any atom is 0.251 e. The van der Waals surface area contributed by atoms with Gasteiger partial charge >= 0.3 is 0 Å². The molecule has 1 aromatic heterocycles. The summed E-state index contributed by atoms with van der Waals surface area (Å²) in [5.74, 6) is 0.857. The van der Waals surface area contributed by atoms with E-state index in [0.717, 1.165) is 48.5 Å². The zero-order chi connectivity index (χ0) is 24.0. The Balaban J connectivity index is 1.26. The molecule has 7 heteroatoms. The molecule has 2 heterocycles. The summed E-state index contributed by atoms with van der Waals surface area (Å²) >= 11 is 0. The molecule has 0 atom stereocenters. The van der Waals surface area contributed by atoms with Gasteiger partial charge in [0, 0.05) is 43.9 Å². The molecule has 5 rings (SSSR count). The molecule has 1 fully saturated rings. The van der Waals surface area contributed by atoms with Gasteiger partial charge in [0.15, 0.2) is 0 Å². The minimum absolute atomic E-state index is 0.0673. The maximum absolute atomic E-state index is 12.6. The van der Waals surface area contributed by atoms with Gasteiger partial charge in [-0.2, -0.15) is 0 Å². The van der Waals surface area contributed by atoms with Crippen LogP contribution in [0.15, 0.2) is 78.9 Å². The van der Waals surface area contributed by atoms with Crippen molar-refractivity contribution in [1.29, 1.82) is 0 Å². The van der Waals surface area contributed by atoms with Crippen molar-refractivity contribution in [3.8, 4) is 11.4 Å². The molecule has 4 aromatic rings. The summed E-state index contributed by atoms with van der Waals surface area (Å²) in [4.78, 5) is 31.1. The van der Waals surface area contributed by atoms with E-state index in [0.29, 0.717) is 25.2 Å². The Hall–Kier alpha value is -3.97. The van der Waals surface area contributed by atoms with E-state index in [1.807, 2.05) is 60.7 Å². The lowest BCUT2D eigenvalue weighted by molar-refractivity contribution is -0.124. The molecule has 0 saturated carbocycles. The second kappa shape index (κ2) is 10.5. The van der Waals surface area contributed by atoms with E-state index in [9.17, 15) is 9.59 Å². The topological polar surface area (TPSA) is 79.3 Å². The predicted molar refractivity (Wildman–Crippen MR) is 137 cm³/mol. The lowest BCUT2D eigenvalue weighted by Gasteiger charge is -2.26. The van der Waals surface area contributed by atoms with Crippen LogP contribution in [0.5, 0.6) is 0 Å². The summed E-state index contributed by atoms with van der Waals surface area (Å²) in [7, 11) is 0. The molecule has 0 radical (unpaired) electrons. The van der Waals surface area contributed by atoms with Gasteiger partial charge in [-0.3, -0.25) is 14.5 Å². The summed E-state index contributed by atoms with van der Waals surface area (Å²) in [6, 6.07) is 26.1. The summed E-state index contributed by atoms with van der Waals surface area (Å²) in [5, 5.41) is 5.81. The first-order chi connectivity index (χ1) is 17.2. The minimum Gasteiger partial charge on any atom is -0.354 e. The Bertz CT molecular complexity index is 1310. The Morgan fingerprint density at radius 1 is 0.971 bits per heavy atom. The van der Waals surface area contributed by atoms with Crippen LogP contribution in [0, 0.1) is 0 Å². The van der Waals surface area contributed by atoms with Gasteiger partial charge in [-0.25, -0.2) is 4.98 Å². The molecular weight excluding hydrogens is 438 g/mol. The van der Waals surface area contributed by atoms with Crippen molar-refractivity contribution < 1.29 is 9.59 Å². The Kier molecular flexibility index (Phi) is 6.86. The lowest BCUT2D eigenvalue weighted by Crippen LogP contribution is -2.48. The number of aromatic nitrogens is 2. The third-order valence-corrected chi connectivity index (χ3v) is 6.30. The predicted octanol–water partition coefficient (Wildman–Crippen LogP) is 3.30. The van der Waals surface area contributed by atoms with Crippen LogP contribution in [0.1, 0.15) is 22.3 Å². The van der Waals surface area contributed by atoms with Gasteiger partial charge in [-0.05, 0) is 36.2 Å². The Morgan fingerprint density at radius 2 is 1.74 bits per heavy atom. The summed E-state index contributed by atoms with van der Waals surface area (Å²) < 4.78 is 2.22. The molecule has 35 heavy (non-hydrogen) atoms. The first-order valence-electron chi connectivity index (χ1n) is 12.0. The average molecular weight is 468 g/mol. The highest BCUT2D eigenvalue weighted by Gasteiger charge is 2.16. The maximum atomic E-state index is 12.6. The van der Waals surface area contributed by atoms with Gasteiger partial charge < -0.3 is 15.2 Å². The smallest absolute Gasteiger partial charge is 0.251 e. The number of nitrogens with one attached hydrogen (secondary N) is 2. The summed E-state index contributed by atoms with van der Waals surface area (Å²) in [6.45, 7) is 4.07. The number of hydrogen-bond acceptors (Lipinski definition) is 4. The van der Waals surface area contributed by atoms with Crippen LogP contribution in [0.2, 0.25) is 0 Å². The third kappa shape index (κ3) is 5.41. The molecule has 0 spiro atoms. The molecule has 1 aliphatic heterocycles. The molecule has 3 aromatic carbocycles. The summed E-state index contributed by atoms with van der Waals surface area (Å²) in [6.07, 6.45) is 0.806. The van der Waals surface area contributed by atoms with E-state index in [-0.39, 0.29) is 11.8 Å². The first-order valence-corrected chi connectivity index (χ1v) is 12.0. The van der Waals surface area contributed by atoms with Gasteiger partial charge in [0.1, 0.15) is 5.82 Å². The summed E-state index contributed by atoms with van der Waals surface area (Å²) in [5.41, 5.74) is 4.83. The fourth-order valence-corrected chi connectivity index (χ4v) is 4.48. The van der Waals surface area contributed by atoms with E-state index in [2.05, 4.69) is 38.3 Å². The molecule has 7 nitrogen and oxygen atoms in total. The normalized spacial score (nSPS) is 14.1. The van der Waals surface area contributed by atoms with Crippen molar-refractivity contribution in [3.05, 3.63) is 90.0 Å². The minimum atomic E-state index is -0.0919. The monoisotopic (exact) mass is 467 g/mol. The van der Waals surface area contributed by atoms with Crippen LogP contribution in [0.3, 0.4) is 0 Å². The van der Waals surface area contributed by atoms with Crippen LogP contribution in [-0.4, -0.2) is 59.0 Å². The molecule has 1 aliphatic rings. The van der Waals surface area contributed by atoms with Crippen molar-refractivity contribution in [3.63, 3.8) is 0 Å². The van der Waals surface area contributed by atoms with Crippen LogP contribution in [0.25, 0.3) is 22.4 Å². The number of hydrogen-bond donors (Lipinski definition) is 2. The Labute approximate surface area is 204 Å². The number of benzene rings is 3. The highest BCUT2D eigenvalue weighted by atomic mass is 16.2. The molecule has 178 valence electrons. The molecule has 1 saturated heterocycles. The fraction of sp³-hybridized carbons (Fsp3) is 0.250. The highest BCUT2D eigenvalue weighted by molar-refractivity contribution is 5.94. The number of nitrogens with zero attached hydrogens (tertiary/aromatic N) is 3. The molecule has 0 unspecified atom stereocenters. The second-order valence-corrected chi connectivity index (χ2v) is 8.81. The second-order valence-electron chi connectivity index (χ2n) is 8.81. The molecule has 2 N–H and O–H groups in total. The van der Waals surface area contributed by atoms with Crippen LogP contribution in [-0.2, 0) is 11.3 Å². The van der Waals surface area contributed by atoms with E-state index in [1.165, 1.54) is 5.56 Å². The van der Waals surface area contributed by atoms with Crippen LogP contribution >= 0.6 is 0 Å². The van der Waals surface area contributed by atoms with Gasteiger partial charge in [-0.1, -0.05) is 54.6 Å². The highest BCUT2D eigenvalue weighted by Crippen LogP contribution is 2.26. The number of carbonyl (C=O) groups excluding carboxylic acids is 2. The third-order valence-electron chi connectivity index (χ3n) is 6.30. The quantitative estimate of drug-likeness (QED) is 0.390. The van der Waals surface area contributed by atoms with Crippen LogP contribution in [0.4, 0.5) is 0 Å². The number of rotatable bonds is 8. The SMILES string of the molecule is O=C1CN(CCCNC(=O)c2ccc(-c3nc4ccccc4n3Cc3ccccc3)cc2)CCN1. The van der Waals surface area contributed by atoms with E-state index >= 15 is 0 Å². The van der Waals surface area contributed by atoms with Gasteiger partial charge in [-0.15, -0.1) is 0 Å². The molecule has 0 aliphatic carbocycles. The van der Waals surface area contributed by atoms with Gasteiger partial charge in [0.25, 0.3) is 5.91 Å². The lowest BCUT2D eigenvalue weighted by atomic mass is 10.1. The Morgan fingerprint density at radius 3 is 2.54 bits per heavy atom. The number of carbonyl (C=O) groups is 2. The van der Waals surface area contributed by atoms with Crippen molar-refractivity contribution in [2.24, 2.45) is 0 Å². The van der Waals surface area contributed by atoms with Crippen molar-refractivity contribution in [2.75, 3.05) is 32.7 Å². The van der Waals surface area contributed by atoms with E-state index < -0.39 is 0 Å². The average Bonchev–Trinajstić information content (AvgIpc) is 3.25. The van der Waals surface area contributed by atoms with Crippen molar-refractivity contribution >= 4 is 22.8 Å². The molecule has 0 bridgehead atoms. The number of para-hydroxylation sites is 2. The zero-order valence-electron chi connectivity index (χ0n) is 19.6. The standard InChI is InChI=1S/C28H29N5O2/c34-26-20-32(18-16-29-26)17-6-15-30-28(35)23-13-11-22(12-14-23)27-31-24-9-4-5-10-25(24)33(27)19-21-7-2-1-3-8-21/h1-5,7-14H,6,15-20H2,(H,29,34)(H,30,35). The molecular formula is C28H29N5O2. The van der Waals surface area contributed by atoms with E-state index in [1.54, 1.807) is 0 Å². The fourth-order valence-electron chi connectivity index (χ4n) is 4.48. The van der Waals surface area contributed by atoms with Crippen LogP contribution < -0.4 is 10.6 Å². The number of amides is 2. The first kappa shape index (κ1) is 22.8. The van der Waals surface area contributed by atoms with Gasteiger partial charge in [0.2, 0.25) is 5.91 Å². The molecule has 2 amide bonds. The van der Waals surface area contributed by atoms with Crippen molar-refractivity contribution in [1.82, 2.24) is 25.1 Å². The number of fused-ring (bicyclic) bond motifs is 1. The number of imidazole rings is 1. The van der Waals surface area contributed by atoms with Crippen molar-refractivity contribution in [2.45, 2.75) is 13.0 Å². The van der Waals surface area contributed by atoms with E-state index in [4.69, 9.17) is 4.98 Å². The number of piperazine rings is 1. The largest absolute Gasteiger partial charge is 0.354 e.